The van der Waals surface area contributed by atoms with Crippen LogP contribution in [0, 0.1) is 5.92 Å². The first-order valence-corrected chi connectivity index (χ1v) is 9.91. The molecule has 4 heterocycles. The monoisotopic (exact) mass is 394 g/mol. The first-order chi connectivity index (χ1) is 12.9. The number of carbonyl (C=O) groups excluding carboxylic acids is 1. The Labute approximate surface area is 160 Å². The number of hydrogen-bond donors (Lipinski definition) is 1. The molecule has 0 radical (unpaired) electrons. The number of benzene rings is 1. The average Bonchev–Trinajstić information content (AvgIpc) is 3.06. The normalized spacial score (nSPS) is 27.0. The lowest BCUT2D eigenvalue weighted by Crippen LogP contribution is -2.62. The van der Waals surface area contributed by atoms with E-state index in [1.165, 1.54) is 0 Å². The highest BCUT2D eigenvalue weighted by Crippen LogP contribution is 2.38. The minimum Gasteiger partial charge on any atom is -0.440 e. The number of nitrogens with zero attached hydrogens (tertiary/aromatic N) is 2. The number of fused-ring (bicyclic) bond motifs is 3. The van der Waals surface area contributed by atoms with Crippen molar-refractivity contribution < 1.29 is 22.8 Å². The third-order valence-electron chi connectivity index (χ3n) is 5.57. The van der Waals surface area contributed by atoms with E-state index in [1.54, 1.807) is 12.1 Å². The first kappa shape index (κ1) is 18.3. The molecule has 2 bridgehead atoms. The van der Waals surface area contributed by atoms with Crippen molar-refractivity contribution >= 4 is 23.2 Å². The molecule has 8 heteroatoms. The summed E-state index contributed by atoms with van der Waals surface area (Å²) in [6.45, 7) is 3.05. The van der Waals surface area contributed by atoms with Crippen LogP contribution in [0.1, 0.15) is 24.3 Å². The molecule has 1 aromatic carbocycles. The molecule has 3 aliphatic heterocycles. The lowest BCUT2D eigenvalue weighted by atomic mass is 9.84. The third-order valence-corrected chi connectivity index (χ3v) is 6.68. The van der Waals surface area contributed by atoms with E-state index >= 15 is 0 Å². The van der Waals surface area contributed by atoms with Gasteiger partial charge in [0.2, 0.25) is 0 Å². The van der Waals surface area contributed by atoms with Crippen molar-refractivity contribution in [2.24, 2.45) is 5.92 Å². The Bertz CT molecular complexity index is 820. The summed E-state index contributed by atoms with van der Waals surface area (Å²) in [5.74, 6) is 0.518. The highest BCUT2D eigenvalue weighted by Gasteiger charge is 2.45. The summed E-state index contributed by atoms with van der Waals surface area (Å²) in [4.78, 5) is 16.9. The molecule has 0 spiro atoms. The molecular formula is C19H22F2N3O2S+. The number of halogens is 2. The van der Waals surface area contributed by atoms with Crippen molar-refractivity contribution in [1.82, 2.24) is 4.98 Å². The fraction of sp³-hybridized carbons (Fsp3) is 0.474. The molecular weight excluding hydrogens is 372 g/mol. The van der Waals surface area contributed by atoms with E-state index in [1.807, 2.05) is 18.2 Å². The summed E-state index contributed by atoms with van der Waals surface area (Å²) in [6.07, 6.45) is -1.34. The molecule has 0 aliphatic carbocycles. The van der Waals surface area contributed by atoms with Crippen LogP contribution < -0.4 is 5.32 Å². The third kappa shape index (κ3) is 3.82. The van der Waals surface area contributed by atoms with Gasteiger partial charge in [-0.05, 0) is 5.56 Å². The lowest BCUT2D eigenvalue weighted by Gasteiger charge is -2.49. The molecule has 2 aromatic rings. The molecule has 1 aromatic heterocycles. The minimum absolute atomic E-state index is 0.133. The quantitative estimate of drug-likeness (QED) is 0.775. The smallest absolute Gasteiger partial charge is 0.413 e. The van der Waals surface area contributed by atoms with Gasteiger partial charge in [0.05, 0.1) is 25.0 Å². The number of piperidine rings is 3. The maximum atomic E-state index is 13.1. The highest BCUT2D eigenvalue weighted by atomic mass is 32.1. The molecule has 3 aliphatic rings. The van der Waals surface area contributed by atoms with Crippen molar-refractivity contribution in [3.8, 4) is 10.4 Å². The Balaban J connectivity index is 1.51. The number of likely N-dealkylation sites (N-methyl/N-ethyl adjacent to an activating group) is 1. The standard InChI is InChI=1S/C19H21F2N3O2S/c1-24-9-7-12(8-10-24)14(11-24)26-19(25)23-17-15(13-5-3-2-4-6-13)27-18(22-17)16(20)21/h2-6,12,14,16H,7-11H2,1H3/p+1. The molecule has 144 valence electrons. The topological polar surface area (TPSA) is 51.2 Å². The average molecular weight is 394 g/mol. The lowest BCUT2D eigenvalue weighted by molar-refractivity contribution is -0.928. The van der Waals surface area contributed by atoms with Crippen LogP contribution in [0.2, 0.25) is 0 Å². The maximum absolute atomic E-state index is 13.1. The molecule has 5 nitrogen and oxygen atoms in total. The van der Waals surface area contributed by atoms with Crippen LogP contribution in [0.3, 0.4) is 0 Å². The van der Waals surface area contributed by atoms with Crippen molar-refractivity contribution in [3.63, 3.8) is 0 Å². The zero-order chi connectivity index (χ0) is 19.0. The SMILES string of the molecule is C[N+]12CCC(CC1)C(OC(=O)Nc1nc(C(F)F)sc1-c1ccccc1)C2. The first-order valence-electron chi connectivity index (χ1n) is 9.09. The number of aromatic nitrogens is 1. The Morgan fingerprint density at radius 1 is 1.30 bits per heavy atom. The van der Waals surface area contributed by atoms with Crippen LogP contribution in [-0.4, -0.2) is 48.3 Å². The Hall–Kier alpha value is -2.06. The van der Waals surface area contributed by atoms with Gasteiger partial charge in [-0.25, -0.2) is 18.6 Å². The number of rotatable bonds is 4. The fourth-order valence-electron chi connectivity index (χ4n) is 4.05. The van der Waals surface area contributed by atoms with Gasteiger partial charge in [-0.2, -0.15) is 0 Å². The summed E-state index contributed by atoms with van der Waals surface area (Å²) >= 11 is 0.886. The number of quaternary nitrogens is 1. The van der Waals surface area contributed by atoms with Crippen molar-refractivity contribution in [3.05, 3.63) is 35.3 Å². The van der Waals surface area contributed by atoms with Crippen LogP contribution >= 0.6 is 11.3 Å². The summed E-state index contributed by atoms with van der Waals surface area (Å²) in [5, 5.41) is 2.29. The Morgan fingerprint density at radius 2 is 2.00 bits per heavy atom. The van der Waals surface area contributed by atoms with Gasteiger partial charge < -0.3 is 9.22 Å². The maximum Gasteiger partial charge on any atom is 0.413 e. The molecule has 1 atom stereocenters. The van der Waals surface area contributed by atoms with Gasteiger partial charge in [-0.1, -0.05) is 30.3 Å². The number of amides is 1. The predicted octanol–water partition coefficient (Wildman–Crippen LogP) is 4.54. The molecule has 1 amide bonds. The Morgan fingerprint density at radius 3 is 2.63 bits per heavy atom. The predicted molar refractivity (Wildman–Crippen MR) is 99.9 cm³/mol. The number of ether oxygens (including phenoxy) is 1. The van der Waals surface area contributed by atoms with Gasteiger partial charge in [0.15, 0.2) is 16.9 Å². The van der Waals surface area contributed by atoms with Crippen LogP contribution in [0.4, 0.5) is 19.4 Å². The molecule has 1 unspecified atom stereocenters. The van der Waals surface area contributed by atoms with Gasteiger partial charge in [0.1, 0.15) is 6.54 Å². The minimum atomic E-state index is -2.68. The molecule has 0 saturated carbocycles. The van der Waals surface area contributed by atoms with Crippen molar-refractivity contribution in [2.45, 2.75) is 25.4 Å². The van der Waals surface area contributed by atoms with Gasteiger partial charge in [-0.15, -0.1) is 11.3 Å². The van der Waals surface area contributed by atoms with E-state index in [-0.39, 0.29) is 16.9 Å². The molecule has 27 heavy (non-hydrogen) atoms. The summed E-state index contributed by atoms with van der Waals surface area (Å²) in [5.41, 5.74) is 0.734. The van der Waals surface area contributed by atoms with Crippen LogP contribution in [-0.2, 0) is 4.74 Å². The number of carbonyl (C=O) groups is 1. The van der Waals surface area contributed by atoms with E-state index in [2.05, 4.69) is 17.3 Å². The van der Waals surface area contributed by atoms with E-state index in [0.717, 1.165) is 53.9 Å². The molecule has 3 saturated heterocycles. The van der Waals surface area contributed by atoms with Crippen molar-refractivity contribution in [1.29, 1.82) is 0 Å². The van der Waals surface area contributed by atoms with Crippen LogP contribution in [0.25, 0.3) is 10.4 Å². The van der Waals surface area contributed by atoms with E-state index < -0.39 is 12.5 Å². The van der Waals surface area contributed by atoms with E-state index in [9.17, 15) is 13.6 Å². The number of anilines is 1. The highest BCUT2D eigenvalue weighted by molar-refractivity contribution is 7.15. The summed E-state index contributed by atoms with van der Waals surface area (Å²) in [6, 6.07) is 9.08. The second-order valence-corrected chi connectivity index (χ2v) is 8.58. The zero-order valence-corrected chi connectivity index (χ0v) is 15.8. The van der Waals surface area contributed by atoms with Crippen LogP contribution in [0.15, 0.2) is 30.3 Å². The number of alkyl halides is 2. The second-order valence-electron chi connectivity index (χ2n) is 7.55. The summed E-state index contributed by atoms with van der Waals surface area (Å²) < 4.78 is 32.9. The van der Waals surface area contributed by atoms with E-state index in [0.29, 0.717) is 10.8 Å². The van der Waals surface area contributed by atoms with Crippen LogP contribution in [0.5, 0.6) is 0 Å². The number of nitrogens with one attached hydrogen (secondary N) is 1. The summed E-state index contributed by atoms with van der Waals surface area (Å²) in [7, 11) is 2.19. The van der Waals surface area contributed by atoms with Gasteiger partial charge in [0, 0.05) is 18.8 Å². The van der Waals surface area contributed by atoms with E-state index in [4.69, 9.17) is 4.74 Å². The molecule has 5 rings (SSSR count). The second kappa shape index (κ2) is 7.16. The molecule has 1 N–H and O–H groups in total. The van der Waals surface area contributed by atoms with Gasteiger partial charge >= 0.3 is 6.09 Å². The Kier molecular flexibility index (Phi) is 4.86. The number of hydrogen-bond acceptors (Lipinski definition) is 4. The van der Waals surface area contributed by atoms with Crippen molar-refractivity contribution in [2.75, 3.05) is 32.0 Å². The molecule has 3 fully saturated rings. The zero-order valence-electron chi connectivity index (χ0n) is 15.0. The van der Waals surface area contributed by atoms with Gasteiger partial charge in [-0.3, -0.25) is 5.32 Å². The number of thiazole rings is 1. The van der Waals surface area contributed by atoms with Gasteiger partial charge in [0.25, 0.3) is 6.43 Å². The largest absolute Gasteiger partial charge is 0.440 e. The fourth-order valence-corrected chi connectivity index (χ4v) is 4.93.